The number of hydrogen-bond donors (Lipinski definition) is 0. The topological polar surface area (TPSA) is 74.8 Å². The highest BCUT2D eigenvalue weighted by molar-refractivity contribution is 6.30. The van der Waals surface area contributed by atoms with Crippen molar-refractivity contribution in [3.8, 4) is 0 Å². The smallest absolute Gasteiger partial charge is 0.273 e. The number of Topliss-reactive ketones (excluding diaryl/α,β-unsaturated/α-hetero) is 1. The molecule has 0 saturated carbocycles. The Morgan fingerprint density at radius 3 is 2.07 bits per heavy atom. The summed E-state index contributed by atoms with van der Waals surface area (Å²) in [5.41, 5.74) is 0.615. The predicted octanol–water partition coefficient (Wildman–Crippen LogP) is 3.51. The third-order valence-corrected chi connectivity index (χ3v) is 4.83. The van der Waals surface area contributed by atoms with Gasteiger partial charge in [0.2, 0.25) is 11.8 Å². The molecule has 1 heterocycles. The van der Waals surface area contributed by atoms with Crippen LogP contribution in [0.3, 0.4) is 0 Å². The van der Waals surface area contributed by atoms with Gasteiger partial charge in [0.25, 0.3) is 5.91 Å². The average Bonchev–Trinajstić information content (AvgIpc) is 2.70. The lowest BCUT2D eigenvalue weighted by Gasteiger charge is -2.38. The zero-order valence-corrected chi connectivity index (χ0v) is 16.1. The summed E-state index contributed by atoms with van der Waals surface area (Å²) >= 11 is 5.89. The van der Waals surface area contributed by atoms with Crippen LogP contribution in [0.4, 0.5) is 0 Å². The van der Waals surface area contributed by atoms with E-state index in [-0.39, 0.29) is 24.2 Å². The van der Waals surface area contributed by atoms with E-state index in [9.17, 15) is 19.2 Å². The number of halogens is 1. The summed E-state index contributed by atoms with van der Waals surface area (Å²) in [6.45, 7) is 1.51. The minimum absolute atomic E-state index is 0.141. The largest absolute Gasteiger partial charge is 0.292 e. The molecule has 0 aliphatic carbocycles. The van der Waals surface area contributed by atoms with Crippen molar-refractivity contribution in [1.29, 1.82) is 0 Å². The molecule has 3 rings (SSSR count). The number of nitrogens with zero attached hydrogens (tertiary/aromatic N) is 2. The van der Waals surface area contributed by atoms with Crippen LogP contribution in [0.2, 0.25) is 5.02 Å². The summed E-state index contributed by atoms with van der Waals surface area (Å²) in [7, 11) is 0. The summed E-state index contributed by atoms with van der Waals surface area (Å²) < 4.78 is 0. The van der Waals surface area contributed by atoms with Crippen LogP contribution in [0.1, 0.15) is 46.9 Å². The number of carbonyl (C=O) groups is 4. The van der Waals surface area contributed by atoms with Gasteiger partial charge in [0.15, 0.2) is 5.78 Å². The summed E-state index contributed by atoms with van der Waals surface area (Å²) in [6.07, 6.45) is 0.711. The molecule has 1 aliphatic rings. The van der Waals surface area contributed by atoms with Crippen LogP contribution in [-0.2, 0) is 9.59 Å². The van der Waals surface area contributed by atoms with Crippen molar-refractivity contribution < 1.29 is 19.2 Å². The summed E-state index contributed by atoms with van der Waals surface area (Å²) in [6, 6.07) is 13.5. The molecule has 2 aromatic rings. The molecule has 7 heteroatoms. The predicted molar refractivity (Wildman–Crippen MR) is 104 cm³/mol. The van der Waals surface area contributed by atoms with Gasteiger partial charge in [-0.1, -0.05) is 41.9 Å². The molecule has 0 N–H and O–H groups in total. The lowest BCUT2D eigenvalue weighted by molar-refractivity contribution is -0.165. The van der Waals surface area contributed by atoms with Crippen LogP contribution in [0, 0.1) is 0 Å². The zero-order chi connectivity index (χ0) is 20.3. The van der Waals surface area contributed by atoms with E-state index in [0.717, 1.165) is 10.0 Å². The first-order valence-electron chi connectivity index (χ1n) is 8.94. The van der Waals surface area contributed by atoms with Gasteiger partial charge >= 0.3 is 0 Å². The normalized spacial score (nSPS) is 15.3. The van der Waals surface area contributed by atoms with Crippen molar-refractivity contribution in [3.63, 3.8) is 0 Å². The summed E-state index contributed by atoms with van der Waals surface area (Å²) in [5, 5.41) is 2.25. The van der Waals surface area contributed by atoms with Crippen molar-refractivity contribution >= 4 is 35.1 Å². The SMILES string of the molecule is C[C@H](C(=O)c1ccccc1)N(C(=O)c1ccc(Cl)cc1)N1C(=O)CCCC1=O. The summed E-state index contributed by atoms with van der Waals surface area (Å²) in [4.78, 5) is 51.1. The maximum atomic E-state index is 13.2. The average molecular weight is 399 g/mol. The second kappa shape index (κ2) is 8.35. The van der Waals surface area contributed by atoms with Gasteiger partial charge in [-0.15, -0.1) is 0 Å². The first-order chi connectivity index (χ1) is 13.4. The van der Waals surface area contributed by atoms with Crippen LogP contribution in [0.15, 0.2) is 54.6 Å². The van der Waals surface area contributed by atoms with Crippen molar-refractivity contribution in [3.05, 3.63) is 70.7 Å². The molecule has 28 heavy (non-hydrogen) atoms. The fraction of sp³-hybridized carbons (Fsp3) is 0.238. The van der Waals surface area contributed by atoms with E-state index in [1.807, 2.05) is 0 Å². The number of rotatable bonds is 5. The molecule has 1 atom stereocenters. The molecular weight excluding hydrogens is 380 g/mol. The number of hydrogen-bond acceptors (Lipinski definition) is 4. The maximum absolute atomic E-state index is 13.2. The van der Waals surface area contributed by atoms with Crippen molar-refractivity contribution in [2.24, 2.45) is 0 Å². The van der Waals surface area contributed by atoms with Crippen LogP contribution < -0.4 is 0 Å². The number of piperidine rings is 1. The van der Waals surface area contributed by atoms with Gasteiger partial charge in [0.1, 0.15) is 6.04 Å². The van der Waals surface area contributed by atoms with Gasteiger partial charge in [0.05, 0.1) is 0 Å². The molecule has 1 aliphatic heterocycles. The minimum Gasteiger partial charge on any atom is -0.292 e. The Morgan fingerprint density at radius 2 is 1.50 bits per heavy atom. The van der Waals surface area contributed by atoms with Crippen LogP contribution in [-0.4, -0.2) is 39.6 Å². The lowest BCUT2D eigenvalue weighted by Crippen LogP contribution is -2.59. The van der Waals surface area contributed by atoms with Gasteiger partial charge in [-0.3, -0.25) is 19.2 Å². The Bertz CT molecular complexity index is 896. The monoisotopic (exact) mass is 398 g/mol. The molecule has 3 amide bonds. The molecule has 0 aromatic heterocycles. The number of carbonyl (C=O) groups excluding carboxylic acids is 4. The van der Waals surface area contributed by atoms with Crippen molar-refractivity contribution in [1.82, 2.24) is 10.0 Å². The van der Waals surface area contributed by atoms with Crippen LogP contribution in [0.5, 0.6) is 0 Å². The highest BCUT2D eigenvalue weighted by Crippen LogP contribution is 2.22. The van der Waals surface area contributed by atoms with Gasteiger partial charge in [0, 0.05) is 29.0 Å². The molecule has 6 nitrogen and oxygen atoms in total. The maximum Gasteiger partial charge on any atom is 0.273 e. The fourth-order valence-corrected chi connectivity index (χ4v) is 3.23. The Morgan fingerprint density at radius 1 is 0.929 bits per heavy atom. The minimum atomic E-state index is -1.04. The molecule has 0 spiro atoms. The Balaban J connectivity index is 2.01. The summed E-state index contributed by atoms with van der Waals surface area (Å²) in [5.74, 6) is -1.97. The standard InChI is InChI=1S/C21H19ClN2O4/c1-14(20(27)15-6-3-2-4-7-15)23(24-18(25)8-5-9-19(24)26)21(28)16-10-12-17(22)13-11-16/h2-4,6-7,10-14H,5,8-9H2,1H3/t14-/m1/s1. The number of amides is 3. The molecular formula is C21H19ClN2O4. The number of ketones is 1. The fourth-order valence-electron chi connectivity index (χ4n) is 3.10. The van der Waals surface area contributed by atoms with E-state index in [2.05, 4.69) is 0 Å². The van der Waals surface area contributed by atoms with Gasteiger partial charge in [-0.25, -0.2) is 5.01 Å². The van der Waals surface area contributed by atoms with E-state index in [4.69, 9.17) is 11.6 Å². The zero-order valence-electron chi connectivity index (χ0n) is 15.3. The Kier molecular flexibility index (Phi) is 5.90. The van der Waals surface area contributed by atoms with E-state index >= 15 is 0 Å². The Labute approximate surface area is 167 Å². The molecule has 144 valence electrons. The molecule has 0 radical (unpaired) electrons. The highest BCUT2D eigenvalue weighted by Gasteiger charge is 2.39. The first kappa shape index (κ1) is 19.8. The van der Waals surface area contributed by atoms with E-state index < -0.39 is 23.8 Å². The van der Waals surface area contributed by atoms with Crippen molar-refractivity contribution in [2.45, 2.75) is 32.2 Å². The van der Waals surface area contributed by atoms with Crippen molar-refractivity contribution in [2.75, 3.05) is 0 Å². The first-order valence-corrected chi connectivity index (χ1v) is 9.32. The molecule has 1 fully saturated rings. The number of imide groups is 1. The molecule has 0 unspecified atom stereocenters. The van der Waals surface area contributed by atoms with Gasteiger partial charge in [-0.2, -0.15) is 5.01 Å². The molecule has 0 bridgehead atoms. The van der Waals surface area contributed by atoms with E-state index in [0.29, 0.717) is 17.0 Å². The van der Waals surface area contributed by atoms with Gasteiger partial charge < -0.3 is 0 Å². The second-order valence-corrected chi connectivity index (χ2v) is 6.95. The van der Waals surface area contributed by atoms with Gasteiger partial charge in [-0.05, 0) is 37.6 Å². The third kappa shape index (κ3) is 3.97. The quantitative estimate of drug-likeness (QED) is 0.570. The highest BCUT2D eigenvalue weighted by atomic mass is 35.5. The van der Waals surface area contributed by atoms with Crippen LogP contribution in [0.25, 0.3) is 0 Å². The number of benzene rings is 2. The third-order valence-electron chi connectivity index (χ3n) is 4.57. The molecule has 2 aromatic carbocycles. The second-order valence-electron chi connectivity index (χ2n) is 6.52. The van der Waals surface area contributed by atoms with E-state index in [1.54, 1.807) is 30.3 Å². The Hall–Kier alpha value is -2.99. The van der Waals surface area contributed by atoms with Crippen LogP contribution >= 0.6 is 11.6 Å². The van der Waals surface area contributed by atoms with E-state index in [1.165, 1.54) is 31.2 Å². The lowest BCUT2D eigenvalue weighted by atomic mass is 10.0. The molecule has 1 saturated heterocycles. The number of hydrazine groups is 1.